The molecule has 6 nitrogen and oxygen atoms in total. The van der Waals surface area contributed by atoms with Crippen molar-refractivity contribution >= 4 is 23.7 Å². The molecule has 1 aromatic carbocycles. The molecule has 0 unspecified atom stereocenters. The lowest BCUT2D eigenvalue weighted by Crippen LogP contribution is -2.34. The first-order valence-corrected chi connectivity index (χ1v) is 9.07. The van der Waals surface area contributed by atoms with Gasteiger partial charge in [0, 0.05) is 18.7 Å². The standard InChI is InChI=1S/C19H22ClN3O3/c1-25-17-12-15(13-24)2-3-16(17)26-11-8-14-6-9-23(10-7-14)19-5-4-18(20)21-22-19/h2-5,12-14H,6-11H2,1H3. The fourth-order valence-corrected chi connectivity index (χ4v) is 3.24. The molecule has 0 atom stereocenters. The molecule has 1 aromatic heterocycles. The van der Waals surface area contributed by atoms with E-state index in [1.54, 1.807) is 31.4 Å². The number of carbonyl (C=O) groups excluding carboxylic acids is 1. The third-order valence-corrected chi connectivity index (χ3v) is 4.87. The SMILES string of the molecule is COc1cc(C=O)ccc1OCCC1CCN(c2ccc(Cl)nn2)CC1. The number of aldehydes is 1. The number of carbonyl (C=O) groups is 1. The molecule has 0 N–H and O–H groups in total. The molecule has 2 heterocycles. The highest BCUT2D eigenvalue weighted by molar-refractivity contribution is 6.29. The van der Waals surface area contributed by atoms with Gasteiger partial charge in [0.05, 0.1) is 13.7 Å². The summed E-state index contributed by atoms with van der Waals surface area (Å²) in [5.74, 6) is 2.76. The lowest BCUT2D eigenvalue weighted by molar-refractivity contribution is 0.112. The zero-order valence-corrected chi connectivity index (χ0v) is 15.5. The number of aromatic nitrogens is 2. The van der Waals surface area contributed by atoms with E-state index in [4.69, 9.17) is 21.1 Å². The van der Waals surface area contributed by atoms with Gasteiger partial charge in [-0.3, -0.25) is 4.79 Å². The largest absolute Gasteiger partial charge is 0.493 e. The van der Waals surface area contributed by atoms with Crippen LogP contribution in [0.15, 0.2) is 30.3 Å². The molecule has 3 rings (SSSR count). The molecule has 1 aliphatic rings. The van der Waals surface area contributed by atoms with E-state index in [0.29, 0.717) is 34.7 Å². The number of ether oxygens (including phenoxy) is 2. The van der Waals surface area contributed by atoms with Gasteiger partial charge in [-0.1, -0.05) is 11.6 Å². The zero-order valence-electron chi connectivity index (χ0n) is 14.7. The monoisotopic (exact) mass is 375 g/mol. The molecule has 0 amide bonds. The molecule has 1 aliphatic heterocycles. The van der Waals surface area contributed by atoms with Crippen molar-refractivity contribution in [3.8, 4) is 11.5 Å². The Balaban J connectivity index is 1.45. The van der Waals surface area contributed by atoms with Gasteiger partial charge in [-0.25, -0.2) is 0 Å². The third-order valence-electron chi connectivity index (χ3n) is 4.66. The Hall–Kier alpha value is -2.34. The van der Waals surface area contributed by atoms with Gasteiger partial charge in [-0.2, -0.15) is 0 Å². The van der Waals surface area contributed by atoms with Gasteiger partial charge in [-0.05, 0) is 55.5 Å². The van der Waals surface area contributed by atoms with Crippen LogP contribution in [0.3, 0.4) is 0 Å². The first kappa shape index (κ1) is 18.5. The highest BCUT2D eigenvalue weighted by Gasteiger charge is 2.20. The normalized spacial score (nSPS) is 14.9. The Morgan fingerprint density at radius 1 is 1.19 bits per heavy atom. The summed E-state index contributed by atoms with van der Waals surface area (Å²) in [6, 6.07) is 8.88. The molecular formula is C19H22ClN3O3. The number of methoxy groups -OCH3 is 1. The van der Waals surface area contributed by atoms with Crippen LogP contribution in [0.2, 0.25) is 5.15 Å². The molecule has 7 heteroatoms. The van der Waals surface area contributed by atoms with Gasteiger partial charge in [0.2, 0.25) is 0 Å². The second kappa shape index (κ2) is 8.85. The molecule has 0 radical (unpaired) electrons. The number of anilines is 1. The van der Waals surface area contributed by atoms with E-state index in [1.807, 2.05) is 6.07 Å². The predicted octanol–water partition coefficient (Wildman–Crippen LogP) is 3.64. The number of piperidine rings is 1. The smallest absolute Gasteiger partial charge is 0.161 e. The van der Waals surface area contributed by atoms with Crippen molar-refractivity contribution < 1.29 is 14.3 Å². The summed E-state index contributed by atoms with van der Waals surface area (Å²) in [5, 5.41) is 8.46. The van der Waals surface area contributed by atoms with Crippen LogP contribution in [0.5, 0.6) is 11.5 Å². The minimum Gasteiger partial charge on any atom is -0.493 e. The van der Waals surface area contributed by atoms with Crippen molar-refractivity contribution in [3.05, 3.63) is 41.0 Å². The van der Waals surface area contributed by atoms with E-state index < -0.39 is 0 Å². The maximum Gasteiger partial charge on any atom is 0.161 e. The van der Waals surface area contributed by atoms with Crippen LogP contribution < -0.4 is 14.4 Å². The molecule has 138 valence electrons. The van der Waals surface area contributed by atoms with Gasteiger partial charge in [0.25, 0.3) is 0 Å². The molecule has 2 aromatic rings. The second-order valence-electron chi connectivity index (χ2n) is 6.31. The molecule has 1 saturated heterocycles. The number of benzene rings is 1. The summed E-state index contributed by atoms with van der Waals surface area (Å²) >= 11 is 5.79. The predicted molar refractivity (Wildman–Crippen MR) is 100 cm³/mol. The van der Waals surface area contributed by atoms with Crippen molar-refractivity contribution in [1.29, 1.82) is 0 Å². The maximum atomic E-state index is 10.8. The summed E-state index contributed by atoms with van der Waals surface area (Å²) in [5.41, 5.74) is 0.576. The van der Waals surface area contributed by atoms with E-state index >= 15 is 0 Å². The minimum atomic E-state index is 0.414. The molecule has 0 bridgehead atoms. The van der Waals surface area contributed by atoms with E-state index in [-0.39, 0.29) is 0 Å². The average molecular weight is 376 g/mol. The van der Waals surface area contributed by atoms with E-state index in [2.05, 4.69) is 15.1 Å². The van der Waals surface area contributed by atoms with E-state index in [1.165, 1.54) is 0 Å². The van der Waals surface area contributed by atoms with Crippen molar-refractivity contribution in [2.75, 3.05) is 31.7 Å². The van der Waals surface area contributed by atoms with Gasteiger partial charge >= 0.3 is 0 Å². The zero-order chi connectivity index (χ0) is 18.4. The highest BCUT2D eigenvalue weighted by atomic mass is 35.5. The molecule has 0 spiro atoms. The van der Waals surface area contributed by atoms with Gasteiger partial charge < -0.3 is 14.4 Å². The van der Waals surface area contributed by atoms with Crippen LogP contribution in [0, 0.1) is 5.92 Å². The molecular weight excluding hydrogens is 354 g/mol. The van der Waals surface area contributed by atoms with Gasteiger partial charge in [0.1, 0.15) is 6.29 Å². The van der Waals surface area contributed by atoms with E-state index in [0.717, 1.165) is 44.5 Å². The van der Waals surface area contributed by atoms with Crippen molar-refractivity contribution in [1.82, 2.24) is 10.2 Å². The lowest BCUT2D eigenvalue weighted by atomic mass is 9.94. The first-order chi connectivity index (χ1) is 12.7. The summed E-state index contributed by atoms with van der Waals surface area (Å²) in [6.45, 7) is 2.54. The van der Waals surface area contributed by atoms with Crippen molar-refractivity contribution in [3.63, 3.8) is 0 Å². The van der Waals surface area contributed by atoms with Crippen LogP contribution in [0.4, 0.5) is 5.82 Å². The Kier molecular flexibility index (Phi) is 6.28. The average Bonchev–Trinajstić information content (AvgIpc) is 2.69. The number of hydrogen-bond donors (Lipinski definition) is 0. The Bertz CT molecular complexity index is 731. The summed E-state index contributed by atoms with van der Waals surface area (Å²) in [7, 11) is 1.58. The van der Waals surface area contributed by atoms with Crippen LogP contribution >= 0.6 is 11.6 Å². The van der Waals surface area contributed by atoms with Gasteiger partial charge in [-0.15, -0.1) is 10.2 Å². The van der Waals surface area contributed by atoms with Crippen molar-refractivity contribution in [2.24, 2.45) is 5.92 Å². The molecule has 1 fully saturated rings. The fraction of sp³-hybridized carbons (Fsp3) is 0.421. The quantitative estimate of drug-likeness (QED) is 0.688. The number of halogens is 1. The molecule has 0 saturated carbocycles. The topological polar surface area (TPSA) is 64.6 Å². The molecule has 0 aliphatic carbocycles. The first-order valence-electron chi connectivity index (χ1n) is 8.70. The maximum absolute atomic E-state index is 10.8. The number of nitrogens with zero attached hydrogens (tertiary/aromatic N) is 3. The minimum absolute atomic E-state index is 0.414. The molecule has 26 heavy (non-hydrogen) atoms. The number of hydrogen-bond acceptors (Lipinski definition) is 6. The summed E-state index contributed by atoms with van der Waals surface area (Å²) in [6.07, 6.45) is 3.97. The van der Waals surface area contributed by atoms with Crippen LogP contribution in [-0.4, -0.2) is 43.3 Å². The van der Waals surface area contributed by atoms with Crippen molar-refractivity contribution in [2.45, 2.75) is 19.3 Å². The number of rotatable bonds is 7. The Morgan fingerprint density at radius 3 is 2.65 bits per heavy atom. The third kappa shape index (κ3) is 4.64. The Morgan fingerprint density at radius 2 is 2.00 bits per heavy atom. The fourth-order valence-electron chi connectivity index (χ4n) is 3.14. The Labute approximate surface area is 158 Å². The van der Waals surface area contributed by atoms with Gasteiger partial charge in [0.15, 0.2) is 22.5 Å². The summed E-state index contributed by atoms with van der Waals surface area (Å²) in [4.78, 5) is 13.1. The van der Waals surface area contributed by atoms with Crippen LogP contribution in [0.1, 0.15) is 29.6 Å². The lowest BCUT2D eigenvalue weighted by Gasteiger charge is -2.32. The highest BCUT2D eigenvalue weighted by Crippen LogP contribution is 2.29. The van der Waals surface area contributed by atoms with Crippen LogP contribution in [0.25, 0.3) is 0 Å². The van der Waals surface area contributed by atoms with E-state index in [9.17, 15) is 4.79 Å². The van der Waals surface area contributed by atoms with Crippen LogP contribution in [-0.2, 0) is 0 Å². The summed E-state index contributed by atoms with van der Waals surface area (Å²) < 4.78 is 11.2. The second-order valence-corrected chi connectivity index (χ2v) is 6.70.